The van der Waals surface area contributed by atoms with Crippen molar-refractivity contribution in [3.05, 3.63) is 28.9 Å². The van der Waals surface area contributed by atoms with Crippen molar-refractivity contribution in [2.24, 2.45) is 0 Å². The predicted molar refractivity (Wildman–Crippen MR) is 67.3 cm³/mol. The minimum absolute atomic E-state index is 0.465. The van der Waals surface area contributed by atoms with Gasteiger partial charge in [-0.15, -0.1) is 0 Å². The number of anilines is 1. The Hall–Kier alpha value is -1.62. The fourth-order valence-corrected chi connectivity index (χ4v) is 1.94. The Morgan fingerprint density at radius 2 is 2.12 bits per heavy atom. The largest absolute Gasteiger partial charge is 0.396 e. The maximum atomic E-state index is 6.07. The molecule has 2 heterocycles. The first-order chi connectivity index (χ1) is 8.19. The lowest BCUT2D eigenvalue weighted by Crippen LogP contribution is -2.05. The highest BCUT2D eigenvalue weighted by molar-refractivity contribution is 6.32. The van der Waals surface area contributed by atoms with Gasteiger partial charge in [0.1, 0.15) is 11.3 Å². The van der Waals surface area contributed by atoms with Gasteiger partial charge in [-0.25, -0.2) is 14.6 Å². The topological polar surface area (TPSA) is 69.6 Å². The first-order valence-electron chi connectivity index (χ1n) is 5.51. The molecular formula is C11H14ClN5. The van der Waals surface area contributed by atoms with E-state index < -0.39 is 0 Å². The Bertz CT molecular complexity index is 535. The first-order valence-corrected chi connectivity index (χ1v) is 5.88. The summed E-state index contributed by atoms with van der Waals surface area (Å²) >= 11 is 6.07. The average Bonchev–Trinajstić information content (AvgIpc) is 2.66. The molecule has 0 saturated heterocycles. The van der Waals surface area contributed by atoms with Crippen LogP contribution in [0.5, 0.6) is 0 Å². The molecule has 2 aromatic heterocycles. The van der Waals surface area contributed by atoms with Crippen LogP contribution in [0.1, 0.15) is 25.2 Å². The van der Waals surface area contributed by atoms with Crippen LogP contribution in [0.15, 0.2) is 12.5 Å². The molecule has 0 saturated carbocycles. The average molecular weight is 252 g/mol. The number of rotatable bonds is 3. The quantitative estimate of drug-likeness (QED) is 0.906. The van der Waals surface area contributed by atoms with Crippen molar-refractivity contribution in [3.8, 4) is 5.82 Å². The van der Waals surface area contributed by atoms with Gasteiger partial charge >= 0.3 is 0 Å². The smallest absolute Gasteiger partial charge is 0.175 e. The SMILES string of the molecule is CCc1nn(-c2ncncc2Cl)c(CC)c1N. The van der Waals surface area contributed by atoms with E-state index in [1.54, 1.807) is 10.9 Å². The van der Waals surface area contributed by atoms with Crippen molar-refractivity contribution >= 4 is 17.3 Å². The van der Waals surface area contributed by atoms with Gasteiger partial charge in [0.2, 0.25) is 0 Å². The molecule has 0 fully saturated rings. The monoisotopic (exact) mass is 251 g/mol. The molecule has 0 unspecified atom stereocenters. The zero-order valence-corrected chi connectivity index (χ0v) is 10.6. The van der Waals surface area contributed by atoms with E-state index in [0.717, 1.165) is 29.9 Å². The molecule has 0 aliphatic carbocycles. The van der Waals surface area contributed by atoms with Gasteiger partial charge in [0.25, 0.3) is 0 Å². The number of aryl methyl sites for hydroxylation is 1. The number of hydrogen-bond acceptors (Lipinski definition) is 4. The van der Waals surface area contributed by atoms with E-state index in [1.807, 2.05) is 13.8 Å². The van der Waals surface area contributed by atoms with Gasteiger partial charge in [0, 0.05) is 0 Å². The minimum Gasteiger partial charge on any atom is -0.396 e. The summed E-state index contributed by atoms with van der Waals surface area (Å²) in [4.78, 5) is 8.01. The predicted octanol–water partition coefficient (Wildman–Crippen LogP) is 2.02. The lowest BCUT2D eigenvalue weighted by molar-refractivity contribution is 0.769. The number of aromatic nitrogens is 4. The molecule has 17 heavy (non-hydrogen) atoms. The van der Waals surface area contributed by atoms with Crippen LogP contribution >= 0.6 is 11.6 Å². The molecule has 90 valence electrons. The molecule has 0 aliphatic rings. The second-order valence-electron chi connectivity index (χ2n) is 3.62. The summed E-state index contributed by atoms with van der Waals surface area (Å²) in [5.41, 5.74) is 8.57. The molecule has 0 bridgehead atoms. The summed E-state index contributed by atoms with van der Waals surface area (Å²) in [6.45, 7) is 4.04. The fraction of sp³-hybridized carbons (Fsp3) is 0.364. The van der Waals surface area contributed by atoms with E-state index in [0.29, 0.717) is 10.8 Å². The van der Waals surface area contributed by atoms with Crippen molar-refractivity contribution in [2.45, 2.75) is 26.7 Å². The van der Waals surface area contributed by atoms with Gasteiger partial charge in [0.05, 0.1) is 23.3 Å². The minimum atomic E-state index is 0.465. The van der Waals surface area contributed by atoms with Gasteiger partial charge in [-0.2, -0.15) is 5.10 Å². The van der Waals surface area contributed by atoms with Crippen LogP contribution in [-0.2, 0) is 12.8 Å². The third kappa shape index (κ3) is 1.98. The van der Waals surface area contributed by atoms with Crippen LogP contribution in [0.25, 0.3) is 5.82 Å². The van der Waals surface area contributed by atoms with Gasteiger partial charge < -0.3 is 5.73 Å². The van der Waals surface area contributed by atoms with Crippen molar-refractivity contribution in [3.63, 3.8) is 0 Å². The highest BCUT2D eigenvalue weighted by Crippen LogP contribution is 2.24. The van der Waals surface area contributed by atoms with Crippen molar-refractivity contribution in [2.75, 3.05) is 5.73 Å². The van der Waals surface area contributed by atoms with E-state index in [4.69, 9.17) is 17.3 Å². The zero-order chi connectivity index (χ0) is 12.4. The first kappa shape index (κ1) is 11.9. The summed E-state index contributed by atoms with van der Waals surface area (Å²) in [5, 5.41) is 4.91. The molecule has 5 nitrogen and oxygen atoms in total. The summed E-state index contributed by atoms with van der Waals surface area (Å²) in [6.07, 6.45) is 4.56. The molecular weight excluding hydrogens is 238 g/mol. The molecule has 2 rings (SSSR count). The number of hydrogen-bond donors (Lipinski definition) is 1. The van der Waals surface area contributed by atoms with Crippen LogP contribution in [0, 0.1) is 0 Å². The molecule has 0 aliphatic heterocycles. The molecule has 2 N–H and O–H groups in total. The van der Waals surface area contributed by atoms with Gasteiger partial charge in [-0.05, 0) is 12.8 Å². The third-order valence-corrected chi connectivity index (χ3v) is 2.88. The van der Waals surface area contributed by atoms with E-state index in [9.17, 15) is 0 Å². The maximum absolute atomic E-state index is 6.07. The number of nitrogen functional groups attached to an aromatic ring is 1. The second kappa shape index (κ2) is 4.71. The zero-order valence-electron chi connectivity index (χ0n) is 9.81. The molecule has 0 spiro atoms. The fourth-order valence-electron chi connectivity index (χ4n) is 1.75. The Morgan fingerprint density at radius 1 is 1.35 bits per heavy atom. The Morgan fingerprint density at radius 3 is 2.71 bits per heavy atom. The Kier molecular flexibility index (Phi) is 3.28. The lowest BCUT2D eigenvalue weighted by Gasteiger charge is -2.06. The molecule has 0 atom stereocenters. The van der Waals surface area contributed by atoms with Crippen molar-refractivity contribution in [1.29, 1.82) is 0 Å². The van der Waals surface area contributed by atoms with Crippen LogP contribution in [-0.4, -0.2) is 19.7 Å². The molecule has 6 heteroatoms. The third-order valence-electron chi connectivity index (χ3n) is 2.62. The highest BCUT2D eigenvalue weighted by Gasteiger charge is 2.16. The van der Waals surface area contributed by atoms with E-state index in [2.05, 4.69) is 15.1 Å². The Labute approximate surface area is 105 Å². The maximum Gasteiger partial charge on any atom is 0.175 e. The summed E-state index contributed by atoms with van der Waals surface area (Å²) in [7, 11) is 0. The van der Waals surface area contributed by atoms with Crippen molar-refractivity contribution in [1.82, 2.24) is 19.7 Å². The van der Waals surface area contributed by atoms with Crippen LogP contribution in [0.3, 0.4) is 0 Å². The second-order valence-corrected chi connectivity index (χ2v) is 4.03. The number of halogens is 1. The highest BCUT2D eigenvalue weighted by atomic mass is 35.5. The van der Waals surface area contributed by atoms with E-state index in [1.165, 1.54) is 6.33 Å². The van der Waals surface area contributed by atoms with E-state index >= 15 is 0 Å². The Balaban J connectivity index is 2.63. The van der Waals surface area contributed by atoms with Gasteiger partial charge in [-0.3, -0.25) is 0 Å². The standard InChI is InChI=1S/C11H14ClN5/c1-3-8-10(13)9(4-2)17(16-8)11-7(12)5-14-6-15-11/h5-6H,3-4,13H2,1-2H3. The van der Waals surface area contributed by atoms with E-state index in [-0.39, 0.29) is 0 Å². The normalized spacial score (nSPS) is 10.8. The van der Waals surface area contributed by atoms with Crippen LogP contribution in [0.2, 0.25) is 5.02 Å². The molecule has 2 aromatic rings. The number of nitrogens with two attached hydrogens (primary N) is 1. The molecule has 0 radical (unpaired) electrons. The number of nitrogens with zero attached hydrogens (tertiary/aromatic N) is 4. The summed E-state index contributed by atoms with van der Waals surface area (Å²) in [6, 6.07) is 0. The van der Waals surface area contributed by atoms with Crippen molar-refractivity contribution < 1.29 is 0 Å². The van der Waals surface area contributed by atoms with Crippen LogP contribution in [0.4, 0.5) is 5.69 Å². The van der Waals surface area contributed by atoms with Gasteiger partial charge in [0.15, 0.2) is 5.82 Å². The lowest BCUT2D eigenvalue weighted by atomic mass is 10.2. The summed E-state index contributed by atoms with van der Waals surface area (Å²) < 4.78 is 1.71. The van der Waals surface area contributed by atoms with Crippen LogP contribution < -0.4 is 5.73 Å². The summed E-state index contributed by atoms with van der Waals surface area (Å²) in [5.74, 6) is 0.574. The molecule has 0 amide bonds. The van der Waals surface area contributed by atoms with Gasteiger partial charge in [-0.1, -0.05) is 25.4 Å². The molecule has 0 aromatic carbocycles.